The number of rotatable bonds is 3. The van der Waals surface area contributed by atoms with E-state index in [4.69, 9.17) is 0 Å². The highest BCUT2D eigenvalue weighted by Crippen LogP contribution is 2.29. The van der Waals surface area contributed by atoms with Crippen LogP contribution < -0.4 is 10.4 Å². The molecule has 0 radical (unpaired) electrons. The predicted octanol–water partition coefficient (Wildman–Crippen LogP) is 0.996. The Balaban J connectivity index is 1.77. The molecule has 0 aromatic heterocycles. The van der Waals surface area contributed by atoms with Gasteiger partial charge in [0.15, 0.2) is 0 Å². The Kier molecular flexibility index (Phi) is 2.78. The summed E-state index contributed by atoms with van der Waals surface area (Å²) in [6, 6.07) is 4.58. The number of nitrogens with zero attached hydrogens (tertiary/aromatic N) is 5. The molecule has 108 valence electrons. The third kappa shape index (κ3) is 2.21. The smallest absolute Gasteiger partial charge is 0.0970 e. The second kappa shape index (κ2) is 4.66. The van der Waals surface area contributed by atoms with Crippen molar-refractivity contribution in [1.82, 2.24) is 9.91 Å². The molecule has 0 saturated heterocycles. The van der Waals surface area contributed by atoms with Crippen LogP contribution in [-0.2, 0) is 0 Å². The van der Waals surface area contributed by atoms with Crippen LogP contribution >= 0.6 is 0 Å². The Bertz CT molecular complexity index is 750. The van der Waals surface area contributed by atoms with Crippen LogP contribution in [0.15, 0.2) is 27.5 Å². The van der Waals surface area contributed by atoms with E-state index < -0.39 is 0 Å². The fraction of sp³-hybridized carbons (Fsp3) is 0.400. The molecule has 21 heavy (non-hydrogen) atoms. The standard InChI is InChI=1S/C15H17N5O/c1-10(8-21)19-6-11-5-15-12(4-14(11)16-9-19)7-20(18-17-15)13-2-3-13/h4-7,9-10,13,21H,2-3,8H2,1H3/t10-/m1/s1. The minimum absolute atomic E-state index is 0.0106. The molecule has 1 aliphatic carbocycles. The monoisotopic (exact) mass is 283 g/mol. The molecular weight excluding hydrogens is 266 g/mol. The topological polar surface area (TPSA) is 63.8 Å². The van der Waals surface area contributed by atoms with E-state index in [-0.39, 0.29) is 12.6 Å². The van der Waals surface area contributed by atoms with Gasteiger partial charge < -0.3 is 10.0 Å². The highest BCUT2D eigenvalue weighted by molar-refractivity contribution is 5.72. The summed E-state index contributed by atoms with van der Waals surface area (Å²) < 4.78 is 0. The molecule has 1 aromatic rings. The SMILES string of the molecule is C[C@H](CO)N1C=Nc2cc3c(cc2=C1)N=NN(C1CC1)C=3. The van der Waals surface area contributed by atoms with Crippen LogP contribution in [0.2, 0.25) is 0 Å². The molecule has 6 heteroatoms. The summed E-state index contributed by atoms with van der Waals surface area (Å²) in [5, 5.41) is 21.8. The highest BCUT2D eigenvalue weighted by atomic mass is 16.3. The van der Waals surface area contributed by atoms with Crippen molar-refractivity contribution >= 4 is 30.1 Å². The maximum absolute atomic E-state index is 9.25. The lowest BCUT2D eigenvalue weighted by Crippen LogP contribution is -2.33. The van der Waals surface area contributed by atoms with E-state index >= 15 is 0 Å². The van der Waals surface area contributed by atoms with E-state index in [1.807, 2.05) is 35.2 Å². The van der Waals surface area contributed by atoms with E-state index in [0.717, 1.165) is 21.8 Å². The molecule has 1 N–H and O–H groups in total. The number of hydrogen-bond acceptors (Lipinski definition) is 6. The van der Waals surface area contributed by atoms with Gasteiger partial charge in [-0.2, -0.15) is 0 Å². The number of hydrogen-bond donors (Lipinski definition) is 1. The molecule has 1 saturated carbocycles. The van der Waals surface area contributed by atoms with Gasteiger partial charge in [-0.25, -0.2) is 4.99 Å². The minimum atomic E-state index is 0.0106. The number of aliphatic hydroxyl groups is 1. The zero-order valence-corrected chi connectivity index (χ0v) is 11.8. The summed E-state index contributed by atoms with van der Waals surface area (Å²) in [4.78, 5) is 6.40. The molecule has 6 nitrogen and oxygen atoms in total. The Morgan fingerprint density at radius 1 is 1.24 bits per heavy atom. The van der Waals surface area contributed by atoms with Gasteiger partial charge in [-0.3, -0.25) is 5.01 Å². The molecule has 3 aliphatic rings. The fourth-order valence-corrected chi connectivity index (χ4v) is 2.46. The lowest BCUT2D eigenvalue weighted by molar-refractivity contribution is 0.228. The molecule has 0 spiro atoms. The Morgan fingerprint density at radius 2 is 2.00 bits per heavy atom. The van der Waals surface area contributed by atoms with Gasteiger partial charge in [-0.1, -0.05) is 5.22 Å². The molecule has 0 unspecified atom stereocenters. The molecule has 1 atom stereocenters. The van der Waals surface area contributed by atoms with Gasteiger partial charge in [-0.15, -0.1) is 5.11 Å². The number of aliphatic imine (C=N–C) groups is 1. The zero-order valence-electron chi connectivity index (χ0n) is 11.8. The van der Waals surface area contributed by atoms with Gasteiger partial charge in [0.25, 0.3) is 0 Å². The molecule has 1 fully saturated rings. The first-order valence-corrected chi connectivity index (χ1v) is 7.25. The average molecular weight is 283 g/mol. The summed E-state index contributed by atoms with van der Waals surface area (Å²) in [6.07, 6.45) is 8.19. The van der Waals surface area contributed by atoms with Crippen molar-refractivity contribution in [3.05, 3.63) is 22.6 Å². The summed E-state index contributed by atoms with van der Waals surface area (Å²) in [5.41, 5.74) is 1.80. The van der Waals surface area contributed by atoms with E-state index in [1.165, 1.54) is 12.8 Å². The van der Waals surface area contributed by atoms with Gasteiger partial charge in [0.2, 0.25) is 0 Å². The van der Waals surface area contributed by atoms with Crippen LogP contribution in [0, 0.1) is 0 Å². The van der Waals surface area contributed by atoms with Crippen molar-refractivity contribution in [1.29, 1.82) is 0 Å². The molecule has 2 aliphatic heterocycles. The Morgan fingerprint density at radius 3 is 2.76 bits per heavy atom. The molecular formula is C15H17N5O. The van der Waals surface area contributed by atoms with E-state index in [0.29, 0.717) is 6.04 Å². The second-order valence-electron chi connectivity index (χ2n) is 5.75. The van der Waals surface area contributed by atoms with E-state index in [1.54, 1.807) is 6.34 Å². The van der Waals surface area contributed by atoms with E-state index in [2.05, 4.69) is 21.5 Å². The van der Waals surface area contributed by atoms with E-state index in [9.17, 15) is 5.11 Å². The first kappa shape index (κ1) is 12.5. The largest absolute Gasteiger partial charge is 0.394 e. The summed E-state index contributed by atoms with van der Waals surface area (Å²) >= 11 is 0. The molecule has 0 bridgehead atoms. The van der Waals surface area contributed by atoms with Gasteiger partial charge in [0, 0.05) is 22.8 Å². The van der Waals surface area contributed by atoms with Crippen LogP contribution in [0.1, 0.15) is 19.8 Å². The summed E-state index contributed by atoms with van der Waals surface area (Å²) in [6.45, 7) is 2.04. The van der Waals surface area contributed by atoms with Crippen molar-refractivity contribution in [2.75, 3.05) is 6.61 Å². The van der Waals surface area contributed by atoms with Gasteiger partial charge in [0.1, 0.15) is 0 Å². The zero-order chi connectivity index (χ0) is 14.4. The fourth-order valence-electron chi connectivity index (χ4n) is 2.46. The maximum atomic E-state index is 9.25. The summed E-state index contributed by atoms with van der Waals surface area (Å²) in [7, 11) is 0. The van der Waals surface area contributed by atoms with Crippen molar-refractivity contribution in [2.45, 2.75) is 31.8 Å². The van der Waals surface area contributed by atoms with Crippen LogP contribution in [0.5, 0.6) is 0 Å². The van der Waals surface area contributed by atoms with Gasteiger partial charge in [0.05, 0.1) is 36.4 Å². The average Bonchev–Trinajstić information content (AvgIpc) is 3.36. The first-order chi connectivity index (χ1) is 10.2. The normalized spacial score (nSPS) is 20.5. The van der Waals surface area contributed by atoms with Gasteiger partial charge >= 0.3 is 0 Å². The third-order valence-electron chi connectivity index (χ3n) is 4.02. The lowest BCUT2D eigenvalue weighted by Gasteiger charge is -2.24. The molecule has 0 amide bonds. The minimum Gasteiger partial charge on any atom is -0.394 e. The van der Waals surface area contributed by atoms with Crippen molar-refractivity contribution < 1.29 is 5.11 Å². The third-order valence-corrected chi connectivity index (χ3v) is 4.02. The van der Waals surface area contributed by atoms with Crippen LogP contribution in [0.3, 0.4) is 0 Å². The molecule has 1 aromatic carbocycles. The molecule has 2 heterocycles. The Labute approximate surface area is 122 Å². The maximum Gasteiger partial charge on any atom is 0.0970 e. The quantitative estimate of drug-likeness (QED) is 0.900. The first-order valence-electron chi connectivity index (χ1n) is 7.25. The van der Waals surface area contributed by atoms with Crippen molar-refractivity contribution in [3.8, 4) is 0 Å². The number of aliphatic hydroxyl groups excluding tert-OH is 1. The second-order valence-corrected chi connectivity index (χ2v) is 5.75. The van der Waals surface area contributed by atoms with Crippen LogP contribution in [0.4, 0.5) is 11.4 Å². The Hall–Kier alpha value is -2.21. The van der Waals surface area contributed by atoms with Crippen molar-refractivity contribution in [2.24, 2.45) is 15.3 Å². The predicted molar refractivity (Wildman–Crippen MR) is 80.5 cm³/mol. The van der Waals surface area contributed by atoms with Gasteiger partial charge in [-0.05, 0) is 31.9 Å². The summed E-state index contributed by atoms with van der Waals surface area (Å²) in [5.74, 6) is 0. The molecule has 4 rings (SSSR count). The highest BCUT2D eigenvalue weighted by Gasteiger charge is 2.28. The number of fused-ring (bicyclic) bond motifs is 2. The van der Waals surface area contributed by atoms with Crippen LogP contribution in [0.25, 0.3) is 12.4 Å². The lowest BCUT2D eigenvalue weighted by atomic mass is 10.1. The number of benzene rings is 1. The van der Waals surface area contributed by atoms with Crippen molar-refractivity contribution in [3.63, 3.8) is 0 Å². The van der Waals surface area contributed by atoms with Crippen LogP contribution in [-0.4, -0.2) is 40.0 Å².